The number of nitrogens with zero attached hydrogens (tertiary/aromatic N) is 1. The first kappa shape index (κ1) is 21.4. The maximum absolute atomic E-state index is 13.1. The molecular formula is C21H22Cl2FN3O2. The number of benzene rings is 2. The van der Waals surface area contributed by atoms with Gasteiger partial charge in [-0.05, 0) is 62.2 Å². The van der Waals surface area contributed by atoms with E-state index in [9.17, 15) is 14.0 Å². The molecule has 0 spiro atoms. The number of hydrogen-bond acceptors (Lipinski definition) is 2. The lowest BCUT2D eigenvalue weighted by atomic mass is 9.83. The van der Waals surface area contributed by atoms with E-state index in [1.807, 2.05) is 13.8 Å². The van der Waals surface area contributed by atoms with Crippen molar-refractivity contribution in [3.8, 4) is 0 Å². The second-order valence-corrected chi connectivity index (χ2v) is 8.41. The summed E-state index contributed by atoms with van der Waals surface area (Å²) in [6.07, 6.45) is 0.653. The van der Waals surface area contributed by atoms with Crippen LogP contribution >= 0.6 is 23.2 Å². The molecule has 0 bridgehead atoms. The molecule has 2 aromatic carbocycles. The Hall–Kier alpha value is -2.31. The number of likely N-dealkylation sites (tertiary alicyclic amines) is 1. The first-order chi connectivity index (χ1) is 13.7. The van der Waals surface area contributed by atoms with Crippen molar-refractivity contribution in [2.24, 2.45) is 0 Å². The Labute approximate surface area is 179 Å². The van der Waals surface area contributed by atoms with Gasteiger partial charge in [0.2, 0.25) is 5.91 Å². The monoisotopic (exact) mass is 437 g/mol. The fraction of sp³-hybridized carbons (Fsp3) is 0.333. The number of urea groups is 1. The van der Waals surface area contributed by atoms with Gasteiger partial charge in [0.25, 0.3) is 0 Å². The summed E-state index contributed by atoms with van der Waals surface area (Å²) < 4.78 is 13.0. The second kappa shape index (κ2) is 8.59. The van der Waals surface area contributed by atoms with Gasteiger partial charge < -0.3 is 15.5 Å². The molecule has 0 aliphatic carbocycles. The van der Waals surface area contributed by atoms with E-state index in [2.05, 4.69) is 10.6 Å². The Morgan fingerprint density at radius 2 is 1.79 bits per heavy atom. The molecule has 3 amide bonds. The third-order valence-corrected chi connectivity index (χ3v) is 5.83. The number of nitrogens with one attached hydrogen (secondary N) is 2. The SMILES string of the molecule is CC(C)(C(=O)N1CCC(NC(=O)Nc2ccc(F)cc2)C1)c1ccc(Cl)c(Cl)c1. The van der Waals surface area contributed by atoms with E-state index in [4.69, 9.17) is 23.2 Å². The number of carbonyl (C=O) groups is 2. The summed E-state index contributed by atoms with van der Waals surface area (Å²) in [6, 6.07) is 10.2. The van der Waals surface area contributed by atoms with Crippen LogP contribution in [0, 0.1) is 5.82 Å². The number of halogens is 3. The van der Waals surface area contributed by atoms with Crippen molar-refractivity contribution in [1.29, 1.82) is 0 Å². The summed E-state index contributed by atoms with van der Waals surface area (Å²) >= 11 is 12.1. The molecule has 1 aliphatic heterocycles. The predicted molar refractivity (Wildman–Crippen MR) is 113 cm³/mol. The van der Waals surface area contributed by atoms with E-state index in [1.54, 1.807) is 23.1 Å². The van der Waals surface area contributed by atoms with Gasteiger partial charge >= 0.3 is 6.03 Å². The molecule has 29 heavy (non-hydrogen) atoms. The van der Waals surface area contributed by atoms with Crippen LogP contribution in [0.2, 0.25) is 10.0 Å². The van der Waals surface area contributed by atoms with Crippen molar-refractivity contribution in [2.45, 2.75) is 31.7 Å². The number of amides is 3. The zero-order chi connectivity index (χ0) is 21.2. The highest BCUT2D eigenvalue weighted by Gasteiger charge is 2.37. The van der Waals surface area contributed by atoms with E-state index < -0.39 is 5.41 Å². The Kier molecular flexibility index (Phi) is 6.34. The third kappa shape index (κ3) is 5.00. The molecule has 1 aliphatic rings. The second-order valence-electron chi connectivity index (χ2n) is 7.60. The highest BCUT2D eigenvalue weighted by Crippen LogP contribution is 2.32. The van der Waals surface area contributed by atoms with Crippen molar-refractivity contribution in [3.63, 3.8) is 0 Å². The molecule has 0 aromatic heterocycles. The van der Waals surface area contributed by atoms with Gasteiger partial charge in [-0.2, -0.15) is 0 Å². The largest absolute Gasteiger partial charge is 0.340 e. The molecule has 8 heteroatoms. The van der Waals surface area contributed by atoms with Gasteiger partial charge in [-0.3, -0.25) is 4.79 Å². The lowest BCUT2D eigenvalue weighted by Crippen LogP contribution is -2.45. The fourth-order valence-electron chi connectivity index (χ4n) is 3.35. The highest BCUT2D eigenvalue weighted by atomic mass is 35.5. The van der Waals surface area contributed by atoms with Gasteiger partial charge in [0.1, 0.15) is 5.82 Å². The third-order valence-electron chi connectivity index (χ3n) is 5.09. The standard InChI is InChI=1S/C21H22Cl2FN3O2/c1-21(2,13-3-8-17(22)18(23)11-13)19(28)27-10-9-16(12-27)26-20(29)25-15-6-4-14(24)5-7-15/h3-8,11,16H,9-10,12H2,1-2H3,(H2,25,26,29). The Morgan fingerprint density at radius 3 is 2.45 bits per heavy atom. The topological polar surface area (TPSA) is 61.4 Å². The van der Waals surface area contributed by atoms with Gasteiger partial charge in [-0.25, -0.2) is 9.18 Å². The van der Waals surface area contributed by atoms with Crippen molar-refractivity contribution < 1.29 is 14.0 Å². The summed E-state index contributed by atoms with van der Waals surface area (Å²) in [7, 11) is 0. The number of hydrogen-bond donors (Lipinski definition) is 2. The summed E-state index contributed by atoms with van der Waals surface area (Å²) in [5.41, 5.74) is 0.498. The first-order valence-corrected chi connectivity index (χ1v) is 10.0. The highest BCUT2D eigenvalue weighted by molar-refractivity contribution is 6.42. The van der Waals surface area contributed by atoms with Crippen LogP contribution in [0.1, 0.15) is 25.8 Å². The van der Waals surface area contributed by atoms with Crippen LogP contribution in [-0.2, 0) is 10.2 Å². The van der Waals surface area contributed by atoms with Gasteiger partial charge in [-0.15, -0.1) is 0 Å². The number of carbonyl (C=O) groups excluding carboxylic acids is 2. The van der Waals surface area contributed by atoms with Crippen LogP contribution < -0.4 is 10.6 Å². The molecule has 2 aromatic rings. The zero-order valence-corrected chi connectivity index (χ0v) is 17.6. The van der Waals surface area contributed by atoms with E-state index >= 15 is 0 Å². The summed E-state index contributed by atoms with van der Waals surface area (Å²) in [5, 5.41) is 6.37. The van der Waals surface area contributed by atoms with Crippen LogP contribution in [0.15, 0.2) is 42.5 Å². The fourth-order valence-corrected chi connectivity index (χ4v) is 3.65. The Bertz CT molecular complexity index is 919. The lowest BCUT2D eigenvalue weighted by molar-refractivity contribution is -0.135. The van der Waals surface area contributed by atoms with Crippen LogP contribution in [0.3, 0.4) is 0 Å². The number of rotatable bonds is 4. The van der Waals surface area contributed by atoms with E-state index in [-0.39, 0.29) is 23.8 Å². The molecular weight excluding hydrogens is 416 g/mol. The molecule has 3 rings (SSSR count). The van der Waals surface area contributed by atoms with Gasteiger partial charge in [0, 0.05) is 24.8 Å². The average Bonchev–Trinajstić information content (AvgIpc) is 3.13. The summed E-state index contributed by atoms with van der Waals surface area (Å²) in [6.45, 7) is 4.65. The average molecular weight is 438 g/mol. The molecule has 1 fully saturated rings. The number of anilines is 1. The van der Waals surface area contributed by atoms with Crippen molar-refractivity contribution >= 4 is 40.8 Å². The molecule has 1 heterocycles. The molecule has 0 saturated carbocycles. The first-order valence-electron chi connectivity index (χ1n) is 9.25. The molecule has 5 nitrogen and oxygen atoms in total. The minimum Gasteiger partial charge on any atom is -0.340 e. The minimum atomic E-state index is -0.778. The van der Waals surface area contributed by atoms with Crippen LogP contribution in [0.5, 0.6) is 0 Å². The van der Waals surface area contributed by atoms with Crippen molar-refractivity contribution in [2.75, 3.05) is 18.4 Å². The van der Waals surface area contributed by atoms with Crippen LogP contribution in [0.25, 0.3) is 0 Å². The summed E-state index contributed by atoms with van der Waals surface area (Å²) in [5.74, 6) is -0.412. The normalized spacial score (nSPS) is 16.6. The molecule has 1 unspecified atom stereocenters. The molecule has 2 N–H and O–H groups in total. The Morgan fingerprint density at radius 1 is 1.10 bits per heavy atom. The molecule has 154 valence electrons. The van der Waals surface area contributed by atoms with Crippen molar-refractivity contribution in [1.82, 2.24) is 10.2 Å². The zero-order valence-electron chi connectivity index (χ0n) is 16.1. The van der Waals surface area contributed by atoms with E-state index in [0.717, 1.165) is 5.56 Å². The van der Waals surface area contributed by atoms with Crippen LogP contribution in [0.4, 0.5) is 14.9 Å². The van der Waals surface area contributed by atoms with E-state index in [1.165, 1.54) is 24.3 Å². The predicted octanol–water partition coefficient (Wildman–Crippen LogP) is 4.83. The molecule has 0 radical (unpaired) electrons. The molecule has 1 atom stereocenters. The van der Waals surface area contributed by atoms with Gasteiger partial charge in [0.15, 0.2) is 0 Å². The Balaban J connectivity index is 1.59. The minimum absolute atomic E-state index is 0.0425. The maximum atomic E-state index is 13.1. The van der Waals surface area contributed by atoms with Crippen molar-refractivity contribution in [3.05, 3.63) is 63.9 Å². The van der Waals surface area contributed by atoms with Gasteiger partial charge in [0.05, 0.1) is 15.5 Å². The maximum Gasteiger partial charge on any atom is 0.319 e. The van der Waals surface area contributed by atoms with Gasteiger partial charge in [-0.1, -0.05) is 29.3 Å². The van der Waals surface area contributed by atoms with Crippen LogP contribution in [-0.4, -0.2) is 36.0 Å². The molecule has 1 saturated heterocycles. The lowest BCUT2D eigenvalue weighted by Gasteiger charge is -2.30. The smallest absolute Gasteiger partial charge is 0.319 e. The van der Waals surface area contributed by atoms with E-state index in [0.29, 0.717) is 35.2 Å². The summed E-state index contributed by atoms with van der Waals surface area (Å²) in [4.78, 5) is 27.0. The quantitative estimate of drug-likeness (QED) is 0.718.